The molecule has 0 aromatic heterocycles. The van der Waals surface area contributed by atoms with Gasteiger partial charge in [-0.15, -0.1) is 0 Å². The fraction of sp³-hybridized carbons (Fsp3) is 0.211. The average molecular weight is 326 g/mol. The standard InChI is InChI=1S/C19H22N2OS/c1-2-20-19(22)18(14-13-16-9-5-3-6-10-16)21-23-15-17-11-7-4-8-12-17/h3-14,18,21H,2,15H2,1H3,(H,20,22)/b14-13+. The molecule has 0 heterocycles. The number of hydrogen-bond donors (Lipinski definition) is 2. The smallest absolute Gasteiger partial charge is 0.241 e. The van der Waals surface area contributed by atoms with Gasteiger partial charge < -0.3 is 5.32 Å². The second-order valence-corrected chi connectivity index (χ2v) is 5.85. The van der Waals surface area contributed by atoms with Crippen molar-refractivity contribution < 1.29 is 4.79 Å². The maximum atomic E-state index is 12.2. The normalized spacial score (nSPS) is 12.2. The first kappa shape index (κ1) is 17.3. The van der Waals surface area contributed by atoms with Crippen molar-refractivity contribution >= 4 is 23.9 Å². The third-order valence-electron chi connectivity index (χ3n) is 3.21. The summed E-state index contributed by atoms with van der Waals surface area (Å²) < 4.78 is 3.24. The van der Waals surface area contributed by atoms with E-state index in [4.69, 9.17) is 0 Å². The second kappa shape index (κ2) is 9.87. The van der Waals surface area contributed by atoms with E-state index in [0.29, 0.717) is 6.54 Å². The highest BCUT2D eigenvalue weighted by Gasteiger charge is 2.13. The van der Waals surface area contributed by atoms with Gasteiger partial charge in [-0.3, -0.25) is 4.79 Å². The van der Waals surface area contributed by atoms with Crippen molar-refractivity contribution in [1.82, 2.24) is 10.0 Å². The minimum Gasteiger partial charge on any atom is -0.355 e. The van der Waals surface area contributed by atoms with Crippen LogP contribution in [0.25, 0.3) is 6.08 Å². The topological polar surface area (TPSA) is 41.1 Å². The molecule has 0 bridgehead atoms. The monoisotopic (exact) mass is 326 g/mol. The summed E-state index contributed by atoms with van der Waals surface area (Å²) in [5.41, 5.74) is 2.31. The molecule has 0 saturated carbocycles. The summed E-state index contributed by atoms with van der Waals surface area (Å²) in [5.74, 6) is 0.802. The van der Waals surface area contributed by atoms with Crippen molar-refractivity contribution in [2.24, 2.45) is 0 Å². The quantitative estimate of drug-likeness (QED) is 0.728. The number of carbonyl (C=O) groups excluding carboxylic acids is 1. The number of rotatable bonds is 8. The third-order valence-corrected chi connectivity index (χ3v) is 4.10. The van der Waals surface area contributed by atoms with Gasteiger partial charge in [-0.1, -0.05) is 84.8 Å². The molecule has 0 saturated heterocycles. The largest absolute Gasteiger partial charge is 0.355 e. The third kappa shape index (κ3) is 6.30. The van der Waals surface area contributed by atoms with Crippen LogP contribution >= 0.6 is 11.9 Å². The molecule has 0 fully saturated rings. The Labute approximate surface area is 142 Å². The maximum absolute atomic E-state index is 12.2. The molecular weight excluding hydrogens is 304 g/mol. The van der Waals surface area contributed by atoms with E-state index in [0.717, 1.165) is 11.3 Å². The van der Waals surface area contributed by atoms with Crippen molar-refractivity contribution in [2.75, 3.05) is 6.54 Å². The number of nitrogens with one attached hydrogen (secondary N) is 2. The molecule has 1 unspecified atom stereocenters. The van der Waals surface area contributed by atoms with Crippen LogP contribution in [0.1, 0.15) is 18.1 Å². The van der Waals surface area contributed by atoms with E-state index < -0.39 is 0 Å². The lowest BCUT2D eigenvalue weighted by Crippen LogP contribution is -2.40. The summed E-state index contributed by atoms with van der Waals surface area (Å²) in [6.07, 6.45) is 3.87. The zero-order valence-corrected chi connectivity index (χ0v) is 14.1. The van der Waals surface area contributed by atoms with Crippen LogP contribution in [0.4, 0.5) is 0 Å². The van der Waals surface area contributed by atoms with Crippen LogP contribution < -0.4 is 10.0 Å². The van der Waals surface area contributed by atoms with E-state index in [2.05, 4.69) is 22.2 Å². The second-order valence-electron chi connectivity index (χ2n) is 5.03. The van der Waals surface area contributed by atoms with Gasteiger partial charge in [0, 0.05) is 12.3 Å². The Morgan fingerprint density at radius 3 is 2.39 bits per heavy atom. The van der Waals surface area contributed by atoms with Crippen LogP contribution in [0.15, 0.2) is 66.7 Å². The van der Waals surface area contributed by atoms with Gasteiger partial charge >= 0.3 is 0 Å². The first-order chi connectivity index (χ1) is 11.3. The molecule has 23 heavy (non-hydrogen) atoms. The van der Waals surface area contributed by atoms with Gasteiger partial charge in [-0.2, -0.15) is 0 Å². The lowest BCUT2D eigenvalue weighted by Gasteiger charge is -2.14. The highest BCUT2D eigenvalue weighted by Crippen LogP contribution is 2.10. The predicted octanol–water partition coefficient (Wildman–Crippen LogP) is 3.64. The van der Waals surface area contributed by atoms with E-state index in [1.165, 1.54) is 5.56 Å². The van der Waals surface area contributed by atoms with Crippen LogP contribution in [0.3, 0.4) is 0 Å². The van der Waals surface area contributed by atoms with Crippen LogP contribution in [0.2, 0.25) is 0 Å². The van der Waals surface area contributed by atoms with Crippen molar-refractivity contribution in [2.45, 2.75) is 18.7 Å². The number of likely N-dealkylation sites (N-methyl/N-ethyl adjacent to an activating group) is 1. The molecule has 1 amide bonds. The van der Waals surface area contributed by atoms with Crippen molar-refractivity contribution in [3.05, 3.63) is 77.9 Å². The van der Waals surface area contributed by atoms with Gasteiger partial charge in [-0.05, 0) is 18.1 Å². The molecule has 3 nitrogen and oxygen atoms in total. The Bertz CT molecular complexity index is 614. The van der Waals surface area contributed by atoms with Gasteiger partial charge in [0.05, 0.1) is 0 Å². The zero-order valence-electron chi connectivity index (χ0n) is 13.2. The summed E-state index contributed by atoms with van der Waals surface area (Å²) in [4.78, 5) is 12.2. The maximum Gasteiger partial charge on any atom is 0.241 e. The zero-order chi connectivity index (χ0) is 16.3. The molecule has 2 aromatic rings. The molecule has 0 radical (unpaired) electrons. The fourth-order valence-corrected chi connectivity index (χ4v) is 2.83. The first-order valence-electron chi connectivity index (χ1n) is 7.72. The minimum absolute atomic E-state index is 0.0137. The molecule has 2 N–H and O–H groups in total. The number of hydrogen-bond acceptors (Lipinski definition) is 3. The van der Waals surface area contributed by atoms with Crippen molar-refractivity contribution in [1.29, 1.82) is 0 Å². The van der Waals surface area contributed by atoms with E-state index in [-0.39, 0.29) is 11.9 Å². The summed E-state index contributed by atoms with van der Waals surface area (Å²) in [6, 6.07) is 19.8. The van der Waals surface area contributed by atoms with Gasteiger partial charge in [0.25, 0.3) is 0 Å². The van der Waals surface area contributed by atoms with Crippen molar-refractivity contribution in [3.8, 4) is 0 Å². The van der Waals surface area contributed by atoms with Crippen molar-refractivity contribution in [3.63, 3.8) is 0 Å². The van der Waals surface area contributed by atoms with E-state index in [1.54, 1.807) is 11.9 Å². The van der Waals surface area contributed by atoms with Crippen LogP contribution in [0.5, 0.6) is 0 Å². The van der Waals surface area contributed by atoms with Crippen LogP contribution in [-0.2, 0) is 10.5 Å². The fourth-order valence-electron chi connectivity index (χ4n) is 2.02. The Hall–Kier alpha value is -2.04. The molecule has 2 aromatic carbocycles. The Morgan fingerprint density at radius 2 is 1.74 bits per heavy atom. The van der Waals surface area contributed by atoms with Crippen LogP contribution in [0, 0.1) is 0 Å². The first-order valence-corrected chi connectivity index (χ1v) is 8.70. The molecular formula is C19H22N2OS. The Morgan fingerprint density at radius 1 is 1.09 bits per heavy atom. The van der Waals surface area contributed by atoms with Gasteiger partial charge in [0.15, 0.2) is 0 Å². The van der Waals surface area contributed by atoms with E-state index in [9.17, 15) is 4.79 Å². The lowest BCUT2D eigenvalue weighted by atomic mass is 10.1. The summed E-state index contributed by atoms with van der Waals surface area (Å²) in [7, 11) is 0. The molecule has 0 spiro atoms. The lowest BCUT2D eigenvalue weighted by molar-refractivity contribution is -0.121. The SMILES string of the molecule is CCNC(=O)C(/C=C/c1ccccc1)NSCc1ccccc1. The highest BCUT2D eigenvalue weighted by atomic mass is 32.2. The summed E-state index contributed by atoms with van der Waals surface area (Å²) >= 11 is 1.54. The summed E-state index contributed by atoms with van der Waals surface area (Å²) in [5, 5.41) is 2.86. The number of benzene rings is 2. The molecule has 120 valence electrons. The van der Waals surface area contributed by atoms with Crippen LogP contribution in [-0.4, -0.2) is 18.5 Å². The summed E-state index contributed by atoms with van der Waals surface area (Å²) in [6.45, 7) is 2.55. The number of carbonyl (C=O) groups is 1. The Balaban J connectivity index is 1.94. The molecule has 0 aliphatic rings. The average Bonchev–Trinajstić information content (AvgIpc) is 2.60. The number of amides is 1. The van der Waals surface area contributed by atoms with E-state index >= 15 is 0 Å². The van der Waals surface area contributed by atoms with E-state index in [1.807, 2.05) is 67.6 Å². The van der Waals surface area contributed by atoms with Gasteiger partial charge in [0.2, 0.25) is 5.91 Å². The molecule has 0 aliphatic heterocycles. The van der Waals surface area contributed by atoms with Gasteiger partial charge in [0.1, 0.15) is 6.04 Å². The molecule has 1 atom stereocenters. The molecule has 4 heteroatoms. The predicted molar refractivity (Wildman–Crippen MR) is 98.8 cm³/mol. The molecule has 0 aliphatic carbocycles. The minimum atomic E-state index is -0.358. The highest BCUT2D eigenvalue weighted by molar-refractivity contribution is 7.96. The van der Waals surface area contributed by atoms with Gasteiger partial charge in [-0.25, -0.2) is 4.72 Å². The molecule has 2 rings (SSSR count). The Kier molecular flexibility index (Phi) is 7.43.